The molecule has 6 aromatic heterocycles. The van der Waals surface area contributed by atoms with Gasteiger partial charge in [-0.3, -0.25) is 8.80 Å². The van der Waals surface area contributed by atoms with Crippen LogP contribution in [-0.2, 0) is 19.8 Å². The average molecular weight is 1170 g/mol. The number of hydrogen-bond donors (Lipinski definition) is 4. The maximum absolute atomic E-state index is 6.27. The maximum Gasteiger partial charge on any atom is 0.162 e. The minimum atomic E-state index is 0.402. The SMILES string of the molecule is COc1ccc(-c2nc(C3CCC3)n3ccnc(N)c23)cc1OCc1ccccc1.NCC1CC(c2nc(-c3cccc(OCc4ccccc4)c3)c3c(N)nccn23)C1.Nc1ncnn2c(C3CCC3)nc(-c3cccc(OCc4ccccc4)c3)c12. The first-order valence-electron chi connectivity index (χ1n) is 30.1. The van der Waals surface area contributed by atoms with E-state index in [2.05, 4.69) is 53.1 Å². The number of imidazole rings is 3. The number of benzene rings is 6. The first-order valence-corrected chi connectivity index (χ1v) is 30.1. The first kappa shape index (κ1) is 56.8. The third-order valence-corrected chi connectivity index (χ3v) is 17.0. The molecule has 3 saturated carbocycles. The summed E-state index contributed by atoms with van der Waals surface area (Å²) < 4.78 is 29.7. The third-order valence-electron chi connectivity index (χ3n) is 17.0. The largest absolute Gasteiger partial charge is 0.493 e. The van der Waals surface area contributed by atoms with Gasteiger partial charge in [-0.05, 0) is 110 Å². The minimum absolute atomic E-state index is 0.402. The van der Waals surface area contributed by atoms with Crippen LogP contribution < -0.4 is 41.9 Å². The number of ether oxygens (including phenoxy) is 4. The van der Waals surface area contributed by atoms with Gasteiger partial charge in [0, 0.05) is 59.2 Å². The van der Waals surface area contributed by atoms with Gasteiger partial charge in [-0.25, -0.2) is 34.4 Å². The van der Waals surface area contributed by atoms with Crippen LogP contribution in [0, 0.1) is 5.92 Å². The van der Waals surface area contributed by atoms with Crippen molar-refractivity contribution in [3.63, 3.8) is 0 Å². The molecular weight excluding hydrogens is 1100 g/mol. The molecule has 3 fully saturated rings. The Morgan fingerprint density at radius 2 is 0.932 bits per heavy atom. The molecule has 6 heterocycles. The van der Waals surface area contributed by atoms with E-state index >= 15 is 0 Å². The average Bonchev–Trinajstić information content (AvgIpc) is 1.77. The van der Waals surface area contributed by atoms with Crippen molar-refractivity contribution in [2.24, 2.45) is 11.7 Å². The molecule has 88 heavy (non-hydrogen) atoms. The summed E-state index contributed by atoms with van der Waals surface area (Å²) in [5.74, 6) is 9.32. The van der Waals surface area contributed by atoms with Gasteiger partial charge in [0.1, 0.15) is 100 Å². The number of nitrogens with zero attached hydrogens (tertiary/aromatic N) is 10. The Hall–Kier alpha value is -10.3. The molecule has 12 aromatic rings. The third kappa shape index (κ3) is 12.0. The van der Waals surface area contributed by atoms with Crippen LogP contribution in [0.15, 0.2) is 189 Å². The van der Waals surface area contributed by atoms with E-state index in [0.717, 1.165) is 141 Å². The summed E-state index contributed by atoms with van der Waals surface area (Å²) in [6, 6.07) is 52.2. The molecule has 0 radical (unpaired) electrons. The van der Waals surface area contributed by atoms with E-state index in [4.69, 9.17) is 56.8 Å². The van der Waals surface area contributed by atoms with Crippen LogP contribution in [-0.4, -0.2) is 62.0 Å². The van der Waals surface area contributed by atoms with Gasteiger partial charge in [0.2, 0.25) is 0 Å². The van der Waals surface area contributed by atoms with Crippen LogP contribution in [0.1, 0.15) is 103 Å². The summed E-state index contributed by atoms with van der Waals surface area (Å²) in [6.07, 6.45) is 18.1. The van der Waals surface area contributed by atoms with Gasteiger partial charge in [-0.15, -0.1) is 0 Å². The van der Waals surface area contributed by atoms with Crippen molar-refractivity contribution < 1.29 is 18.9 Å². The lowest BCUT2D eigenvalue weighted by molar-refractivity contribution is 0.262. The zero-order valence-electron chi connectivity index (χ0n) is 49.1. The molecule has 444 valence electrons. The highest BCUT2D eigenvalue weighted by Gasteiger charge is 2.34. The zero-order chi connectivity index (χ0) is 59.9. The topological polar surface area (TPSA) is 244 Å². The van der Waals surface area contributed by atoms with Gasteiger partial charge >= 0.3 is 0 Å². The molecule has 18 nitrogen and oxygen atoms in total. The number of aromatic nitrogens is 10. The molecule has 0 atom stereocenters. The molecule has 3 aliphatic rings. The number of anilines is 3. The van der Waals surface area contributed by atoms with E-state index in [0.29, 0.717) is 72.4 Å². The normalized spacial score (nSPS) is 15.5. The van der Waals surface area contributed by atoms with Gasteiger partial charge in [-0.1, -0.05) is 128 Å². The maximum atomic E-state index is 6.27. The Balaban J connectivity index is 0.000000122. The van der Waals surface area contributed by atoms with Crippen molar-refractivity contribution in [3.8, 4) is 56.8 Å². The van der Waals surface area contributed by atoms with E-state index in [1.807, 2.05) is 150 Å². The summed E-state index contributed by atoms with van der Waals surface area (Å²) in [5.41, 5.74) is 35.7. The van der Waals surface area contributed by atoms with Crippen LogP contribution in [0.3, 0.4) is 0 Å². The van der Waals surface area contributed by atoms with E-state index in [1.165, 1.54) is 19.2 Å². The van der Waals surface area contributed by atoms with Crippen molar-refractivity contribution in [1.82, 2.24) is 48.3 Å². The van der Waals surface area contributed by atoms with Crippen molar-refractivity contribution >= 4 is 34.0 Å². The van der Waals surface area contributed by atoms with Gasteiger partial charge in [-0.2, -0.15) is 5.10 Å². The standard InChI is InChI=1S/C24H25N5O.C24H24N4O2.C22H21N5O/c25-14-17-11-19(12-17)24-28-21(22-23(26)27-9-10-29(22)24)18-7-4-8-20(13-18)30-15-16-5-2-1-3-6-16;1-29-19-11-10-18(14-20(19)30-15-16-6-3-2-4-7-16)21-22-23(25)26-12-13-28(22)24(27-21)17-8-5-9-17;23-21-20-19(26-22(16-8-4-9-16)27(20)25-14-24-21)17-10-5-11-18(12-17)28-13-15-6-2-1-3-7-15/h1-10,13,17,19H,11-12,14-15,25H2,(H2,26,27);2-4,6-7,10-14,17H,5,8-9,15H2,1H3,(H2,25,26);1-3,5-7,10-12,14,16H,4,8-9,13H2,(H2,23,24,25). The molecule has 0 aliphatic heterocycles. The molecule has 15 rings (SSSR count). The molecule has 0 spiro atoms. The number of hydrogen-bond acceptors (Lipinski definition) is 15. The Morgan fingerprint density at radius 3 is 1.43 bits per heavy atom. The lowest BCUT2D eigenvalue weighted by Gasteiger charge is -2.33. The Bertz CT molecular complexity index is 4350. The van der Waals surface area contributed by atoms with Crippen molar-refractivity contribution in [2.75, 3.05) is 30.9 Å². The van der Waals surface area contributed by atoms with Gasteiger partial charge in [0.05, 0.1) is 7.11 Å². The van der Waals surface area contributed by atoms with Gasteiger partial charge < -0.3 is 41.9 Å². The fraction of sp³-hybridized carbons (Fsp3) is 0.243. The van der Waals surface area contributed by atoms with E-state index in [9.17, 15) is 0 Å². The number of nitrogen functional groups attached to an aromatic ring is 3. The molecule has 3 aliphatic carbocycles. The Labute approximate surface area is 510 Å². The van der Waals surface area contributed by atoms with E-state index in [-0.39, 0.29) is 0 Å². The predicted molar refractivity (Wildman–Crippen MR) is 343 cm³/mol. The minimum Gasteiger partial charge on any atom is -0.493 e. The predicted octanol–water partition coefficient (Wildman–Crippen LogP) is 13.1. The molecule has 6 aromatic carbocycles. The zero-order valence-corrected chi connectivity index (χ0v) is 49.1. The first-order chi connectivity index (χ1) is 43.3. The van der Waals surface area contributed by atoms with Crippen LogP contribution in [0.25, 0.3) is 50.3 Å². The smallest absolute Gasteiger partial charge is 0.162 e. The van der Waals surface area contributed by atoms with Gasteiger partial charge in [0.15, 0.2) is 17.3 Å². The van der Waals surface area contributed by atoms with Crippen molar-refractivity contribution in [3.05, 3.63) is 223 Å². The van der Waals surface area contributed by atoms with Crippen molar-refractivity contribution in [2.45, 2.75) is 88.9 Å². The fourth-order valence-electron chi connectivity index (χ4n) is 11.7. The number of fused-ring (bicyclic) bond motifs is 3. The summed E-state index contributed by atoms with van der Waals surface area (Å²) in [4.78, 5) is 27.7. The number of methoxy groups -OCH3 is 1. The number of nitrogens with two attached hydrogens (primary N) is 4. The molecule has 0 saturated heterocycles. The van der Waals surface area contributed by atoms with Crippen molar-refractivity contribution in [1.29, 1.82) is 0 Å². The lowest BCUT2D eigenvalue weighted by atomic mass is 9.74. The highest BCUT2D eigenvalue weighted by molar-refractivity contribution is 5.88. The summed E-state index contributed by atoms with van der Waals surface area (Å²) >= 11 is 0. The summed E-state index contributed by atoms with van der Waals surface area (Å²) in [7, 11) is 1.65. The molecule has 0 unspecified atom stereocenters. The molecule has 18 heteroatoms. The van der Waals surface area contributed by atoms with Crippen LogP contribution in [0.4, 0.5) is 17.5 Å². The van der Waals surface area contributed by atoms with Crippen LogP contribution >= 0.6 is 0 Å². The quantitative estimate of drug-likeness (QED) is 0.0662. The second kappa shape index (κ2) is 25.7. The second-order valence-corrected chi connectivity index (χ2v) is 22.7. The van der Waals surface area contributed by atoms with Crippen LogP contribution in [0.5, 0.6) is 23.0 Å². The highest BCUT2D eigenvalue weighted by atomic mass is 16.5. The number of rotatable bonds is 17. The van der Waals surface area contributed by atoms with E-state index in [1.54, 1.807) is 19.5 Å². The molecular formula is C70H70N14O4. The second-order valence-electron chi connectivity index (χ2n) is 22.7. The molecule has 0 amide bonds. The van der Waals surface area contributed by atoms with E-state index < -0.39 is 0 Å². The molecule has 8 N–H and O–H groups in total. The molecule has 0 bridgehead atoms. The fourth-order valence-corrected chi connectivity index (χ4v) is 11.7. The monoisotopic (exact) mass is 1170 g/mol. The summed E-state index contributed by atoms with van der Waals surface area (Å²) in [5, 5.41) is 4.42. The Morgan fingerprint density at radius 1 is 0.466 bits per heavy atom. The van der Waals surface area contributed by atoms with Gasteiger partial charge in [0.25, 0.3) is 0 Å². The van der Waals surface area contributed by atoms with Crippen LogP contribution in [0.2, 0.25) is 0 Å². The lowest BCUT2D eigenvalue weighted by Crippen LogP contribution is -2.29. The Kier molecular flexibility index (Phi) is 16.6. The summed E-state index contributed by atoms with van der Waals surface area (Å²) in [6.45, 7) is 2.23. The highest BCUT2D eigenvalue weighted by Crippen LogP contribution is 2.44.